The summed E-state index contributed by atoms with van der Waals surface area (Å²) in [6.07, 6.45) is 3.02. The normalized spacial score (nSPS) is 12.1. The van der Waals surface area contributed by atoms with E-state index in [2.05, 4.69) is 20.5 Å². The molecule has 0 radical (unpaired) electrons. The van der Waals surface area contributed by atoms with Crippen LogP contribution in [0.25, 0.3) is 11.4 Å². The lowest BCUT2D eigenvalue weighted by molar-refractivity contribution is -0.117. The molecule has 6 heteroatoms. The maximum atomic E-state index is 11.8. The predicted octanol–water partition coefficient (Wildman–Crippen LogP) is 1.54. The van der Waals surface area contributed by atoms with Crippen LogP contribution in [0.3, 0.4) is 0 Å². The molecule has 1 aromatic carbocycles. The van der Waals surface area contributed by atoms with Gasteiger partial charge in [-0.05, 0) is 30.7 Å². The summed E-state index contributed by atoms with van der Waals surface area (Å²) in [7, 11) is 0. The zero-order chi connectivity index (χ0) is 13.7. The van der Waals surface area contributed by atoms with Crippen LogP contribution in [0.4, 0.5) is 5.69 Å². The van der Waals surface area contributed by atoms with Gasteiger partial charge in [0.25, 0.3) is 0 Å². The number of aromatic amines is 1. The number of nitrogens with zero attached hydrogens (tertiary/aromatic N) is 2. The van der Waals surface area contributed by atoms with Crippen LogP contribution in [0.15, 0.2) is 30.6 Å². The van der Waals surface area contributed by atoms with Crippen molar-refractivity contribution in [3.8, 4) is 11.4 Å². The van der Waals surface area contributed by atoms with Crippen molar-refractivity contribution in [1.29, 1.82) is 0 Å². The number of rotatable bonds is 5. The lowest BCUT2D eigenvalue weighted by Crippen LogP contribution is -2.35. The van der Waals surface area contributed by atoms with Crippen molar-refractivity contribution in [2.75, 3.05) is 5.32 Å². The molecular formula is C13H17N5O. The first-order valence-corrected chi connectivity index (χ1v) is 6.23. The van der Waals surface area contributed by atoms with Crippen molar-refractivity contribution in [3.63, 3.8) is 0 Å². The van der Waals surface area contributed by atoms with Crippen LogP contribution in [-0.4, -0.2) is 27.1 Å². The Labute approximate surface area is 111 Å². The highest BCUT2D eigenvalue weighted by Crippen LogP contribution is 2.17. The Morgan fingerprint density at radius 3 is 2.74 bits per heavy atom. The van der Waals surface area contributed by atoms with Crippen molar-refractivity contribution in [1.82, 2.24) is 15.2 Å². The van der Waals surface area contributed by atoms with Crippen molar-refractivity contribution < 1.29 is 4.79 Å². The number of hydrogen-bond donors (Lipinski definition) is 3. The molecule has 0 aliphatic carbocycles. The minimum atomic E-state index is -0.459. The highest BCUT2D eigenvalue weighted by atomic mass is 16.2. The van der Waals surface area contributed by atoms with E-state index in [1.807, 2.05) is 31.2 Å². The number of H-pyrrole nitrogens is 1. The van der Waals surface area contributed by atoms with Gasteiger partial charge in [0.05, 0.1) is 6.04 Å². The number of benzene rings is 1. The molecule has 0 fully saturated rings. The van der Waals surface area contributed by atoms with Crippen LogP contribution < -0.4 is 11.1 Å². The van der Waals surface area contributed by atoms with Crippen LogP contribution in [0.5, 0.6) is 0 Å². The molecule has 19 heavy (non-hydrogen) atoms. The third-order valence-electron chi connectivity index (χ3n) is 2.78. The standard InChI is InChI=1S/C13H17N5O/c1-2-3-11(14)13(19)17-10-6-4-9(5-7-10)12-15-8-16-18-12/h4-8,11H,2-3,14H2,1H3,(H,17,19)(H,15,16,18). The summed E-state index contributed by atoms with van der Waals surface area (Å²) in [6, 6.07) is 6.89. The van der Waals surface area contributed by atoms with E-state index in [0.29, 0.717) is 12.2 Å². The maximum Gasteiger partial charge on any atom is 0.241 e. The molecule has 100 valence electrons. The van der Waals surface area contributed by atoms with Crippen molar-refractivity contribution in [2.45, 2.75) is 25.8 Å². The van der Waals surface area contributed by atoms with Crippen molar-refractivity contribution in [2.24, 2.45) is 5.73 Å². The summed E-state index contributed by atoms with van der Waals surface area (Å²) < 4.78 is 0. The van der Waals surface area contributed by atoms with Gasteiger partial charge in [-0.15, -0.1) is 0 Å². The highest BCUT2D eigenvalue weighted by molar-refractivity contribution is 5.94. The largest absolute Gasteiger partial charge is 0.325 e. The van der Waals surface area contributed by atoms with Gasteiger partial charge in [-0.2, -0.15) is 5.10 Å². The first-order chi connectivity index (χ1) is 9.20. The van der Waals surface area contributed by atoms with E-state index in [1.54, 1.807) is 0 Å². The lowest BCUT2D eigenvalue weighted by atomic mass is 10.1. The monoisotopic (exact) mass is 259 g/mol. The van der Waals surface area contributed by atoms with E-state index >= 15 is 0 Å². The average molecular weight is 259 g/mol. The Balaban J connectivity index is 2.01. The number of carbonyl (C=O) groups excluding carboxylic acids is 1. The second kappa shape index (κ2) is 6.10. The third-order valence-corrected chi connectivity index (χ3v) is 2.78. The molecule has 0 saturated heterocycles. The first-order valence-electron chi connectivity index (χ1n) is 6.23. The molecule has 4 N–H and O–H groups in total. The Hall–Kier alpha value is -2.21. The van der Waals surface area contributed by atoms with Gasteiger partial charge in [-0.1, -0.05) is 13.3 Å². The van der Waals surface area contributed by atoms with Crippen molar-refractivity contribution >= 4 is 11.6 Å². The molecule has 6 nitrogen and oxygen atoms in total. The number of hydrogen-bond acceptors (Lipinski definition) is 4. The Kier molecular flexibility index (Phi) is 4.25. The summed E-state index contributed by atoms with van der Waals surface area (Å²) in [4.78, 5) is 15.8. The summed E-state index contributed by atoms with van der Waals surface area (Å²) in [5.41, 5.74) is 7.38. The van der Waals surface area contributed by atoms with Crippen LogP contribution in [0, 0.1) is 0 Å². The van der Waals surface area contributed by atoms with Crippen LogP contribution in [0.2, 0.25) is 0 Å². The molecular weight excluding hydrogens is 242 g/mol. The Morgan fingerprint density at radius 1 is 1.42 bits per heavy atom. The molecule has 1 aromatic heterocycles. The molecule has 0 spiro atoms. The van der Waals surface area contributed by atoms with Crippen molar-refractivity contribution in [3.05, 3.63) is 30.6 Å². The fraction of sp³-hybridized carbons (Fsp3) is 0.308. The van der Waals surface area contributed by atoms with Crippen LogP contribution >= 0.6 is 0 Å². The molecule has 1 amide bonds. The van der Waals surface area contributed by atoms with E-state index < -0.39 is 6.04 Å². The second-order valence-electron chi connectivity index (χ2n) is 4.30. The molecule has 1 atom stereocenters. The number of aromatic nitrogens is 3. The molecule has 0 aliphatic rings. The number of amides is 1. The van der Waals surface area contributed by atoms with E-state index in [4.69, 9.17) is 5.73 Å². The highest BCUT2D eigenvalue weighted by Gasteiger charge is 2.12. The molecule has 2 aromatic rings. The fourth-order valence-corrected chi connectivity index (χ4v) is 1.73. The maximum absolute atomic E-state index is 11.8. The van der Waals surface area contributed by atoms with E-state index in [-0.39, 0.29) is 5.91 Å². The summed E-state index contributed by atoms with van der Waals surface area (Å²) in [5, 5.41) is 9.36. The topological polar surface area (TPSA) is 96.7 Å². The van der Waals surface area contributed by atoms with Gasteiger partial charge in [-0.3, -0.25) is 9.89 Å². The fourth-order valence-electron chi connectivity index (χ4n) is 1.73. The number of anilines is 1. The summed E-state index contributed by atoms with van der Waals surface area (Å²) in [6.45, 7) is 2.00. The zero-order valence-electron chi connectivity index (χ0n) is 10.8. The minimum Gasteiger partial charge on any atom is -0.325 e. The van der Waals surface area contributed by atoms with Gasteiger partial charge in [-0.25, -0.2) is 4.98 Å². The molecule has 0 bridgehead atoms. The lowest BCUT2D eigenvalue weighted by Gasteiger charge is -2.11. The molecule has 2 rings (SSSR count). The van der Waals surface area contributed by atoms with E-state index in [1.165, 1.54) is 6.33 Å². The average Bonchev–Trinajstić information content (AvgIpc) is 2.94. The van der Waals surface area contributed by atoms with Crippen LogP contribution in [-0.2, 0) is 4.79 Å². The van der Waals surface area contributed by atoms with Gasteiger partial charge in [0.1, 0.15) is 6.33 Å². The van der Waals surface area contributed by atoms with Crippen LogP contribution in [0.1, 0.15) is 19.8 Å². The zero-order valence-corrected chi connectivity index (χ0v) is 10.8. The quantitative estimate of drug-likeness (QED) is 0.758. The minimum absolute atomic E-state index is 0.158. The summed E-state index contributed by atoms with van der Waals surface area (Å²) in [5.74, 6) is 0.537. The van der Waals surface area contributed by atoms with Gasteiger partial charge < -0.3 is 11.1 Å². The molecule has 1 heterocycles. The van der Waals surface area contributed by atoms with E-state index in [0.717, 1.165) is 17.7 Å². The third kappa shape index (κ3) is 3.38. The van der Waals surface area contributed by atoms with Gasteiger partial charge >= 0.3 is 0 Å². The molecule has 0 saturated carbocycles. The summed E-state index contributed by atoms with van der Waals surface area (Å²) >= 11 is 0. The Morgan fingerprint density at radius 2 is 2.16 bits per heavy atom. The number of carbonyl (C=O) groups is 1. The smallest absolute Gasteiger partial charge is 0.241 e. The van der Waals surface area contributed by atoms with Gasteiger partial charge in [0.15, 0.2) is 5.82 Å². The SMILES string of the molecule is CCCC(N)C(=O)Nc1ccc(-c2ncn[nH]2)cc1. The van der Waals surface area contributed by atoms with Gasteiger partial charge in [0, 0.05) is 11.3 Å². The van der Waals surface area contributed by atoms with Gasteiger partial charge in [0.2, 0.25) is 5.91 Å². The molecule has 0 aliphatic heterocycles. The second-order valence-corrected chi connectivity index (χ2v) is 4.30. The first kappa shape index (κ1) is 13.2. The number of nitrogens with one attached hydrogen (secondary N) is 2. The molecule has 1 unspecified atom stereocenters. The number of nitrogens with two attached hydrogens (primary N) is 1. The Bertz CT molecular complexity index is 520. The van der Waals surface area contributed by atoms with E-state index in [9.17, 15) is 4.79 Å². The predicted molar refractivity (Wildman–Crippen MR) is 73.3 cm³/mol.